The number of hydrogen-bond acceptors (Lipinski definition) is 5. The second-order valence-corrected chi connectivity index (χ2v) is 6.80. The van der Waals surface area contributed by atoms with Gasteiger partial charge in [0.05, 0.1) is 0 Å². The van der Waals surface area contributed by atoms with E-state index in [4.69, 9.17) is 21.1 Å². The molecule has 0 radical (unpaired) electrons. The fourth-order valence-corrected chi connectivity index (χ4v) is 2.97. The number of hydrogen-bond donors (Lipinski definition) is 2. The zero-order valence-electron chi connectivity index (χ0n) is 15.2. The van der Waals surface area contributed by atoms with Crippen molar-refractivity contribution in [3.05, 3.63) is 76.4 Å². The van der Waals surface area contributed by atoms with Gasteiger partial charge in [-0.3, -0.25) is 4.79 Å². The van der Waals surface area contributed by atoms with E-state index in [1.165, 1.54) is 0 Å². The number of anilines is 2. The summed E-state index contributed by atoms with van der Waals surface area (Å²) in [6.07, 6.45) is 1.60. The molecule has 3 aromatic rings. The highest BCUT2D eigenvalue weighted by atomic mass is 35.5. The molecule has 0 saturated heterocycles. The first kappa shape index (κ1) is 18.1. The van der Waals surface area contributed by atoms with Crippen molar-refractivity contribution in [2.75, 3.05) is 17.4 Å². The van der Waals surface area contributed by atoms with Crippen LogP contribution in [0.25, 0.3) is 0 Å². The van der Waals surface area contributed by atoms with Crippen molar-refractivity contribution in [2.45, 2.75) is 13.5 Å². The van der Waals surface area contributed by atoms with Gasteiger partial charge in [0.15, 0.2) is 11.5 Å². The topological polar surface area (TPSA) is 72.5 Å². The minimum absolute atomic E-state index is 0.228. The first-order valence-corrected chi connectivity index (χ1v) is 9.12. The van der Waals surface area contributed by atoms with Crippen LogP contribution in [0, 0.1) is 6.92 Å². The Morgan fingerprint density at radius 1 is 1.11 bits per heavy atom. The number of nitrogens with zero attached hydrogens (tertiary/aromatic N) is 1. The number of fused-ring (bicyclic) bond motifs is 1. The standard InChI is InChI=1S/C21H18ClN3O3/c1-13-2-4-16(10-17(13)22)25-21(26)15-6-7-23-20(9-15)24-11-14-3-5-18-19(8-14)28-12-27-18/h2-10H,11-12H2,1H3,(H,23,24)(H,25,26). The summed E-state index contributed by atoms with van der Waals surface area (Å²) >= 11 is 6.12. The molecular weight excluding hydrogens is 378 g/mol. The first-order chi connectivity index (χ1) is 13.6. The molecule has 0 spiro atoms. The fourth-order valence-electron chi connectivity index (χ4n) is 2.79. The fraction of sp³-hybridized carbons (Fsp3) is 0.143. The van der Waals surface area contributed by atoms with Gasteiger partial charge in [0.2, 0.25) is 6.79 Å². The van der Waals surface area contributed by atoms with Crippen molar-refractivity contribution in [3.63, 3.8) is 0 Å². The Morgan fingerprint density at radius 2 is 1.96 bits per heavy atom. The van der Waals surface area contributed by atoms with Gasteiger partial charge >= 0.3 is 0 Å². The van der Waals surface area contributed by atoms with Gasteiger partial charge in [-0.2, -0.15) is 0 Å². The van der Waals surface area contributed by atoms with Gasteiger partial charge in [-0.1, -0.05) is 23.7 Å². The van der Waals surface area contributed by atoms with Crippen LogP contribution in [0.4, 0.5) is 11.5 Å². The molecule has 0 aliphatic carbocycles. The summed E-state index contributed by atoms with van der Waals surface area (Å²) in [5.41, 5.74) is 3.13. The SMILES string of the molecule is Cc1ccc(NC(=O)c2ccnc(NCc3ccc4c(c3)OCO4)c2)cc1Cl. The molecule has 0 bridgehead atoms. The van der Waals surface area contributed by atoms with Crippen molar-refractivity contribution in [2.24, 2.45) is 0 Å². The number of pyridine rings is 1. The molecule has 2 heterocycles. The Labute approximate surface area is 167 Å². The van der Waals surface area contributed by atoms with E-state index in [9.17, 15) is 4.79 Å². The van der Waals surface area contributed by atoms with E-state index in [0.717, 1.165) is 22.6 Å². The predicted octanol–water partition coefficient (Wildman–Crippen LogP) is 4.64. The number of halogens is 1. The number of carbonyl (C=O) groups excluding carboxylic acids is 1. The lowest BCUT2D eigenvalue weighted by molar-refractivity contribution is 0.102. The van der Waals surface area contributed by atoms with E-state index < -0.39 is 0 Å². The highest BCUT2D eigenvalue weighted by molar-refractivity contribution is 6.31. The Morgan fingerprint density at radius 3 is 2.82 bits per heavy atom. The van der Waals surface area contributed by atoms with Crippen LogP contribution in [0.1, 0.15) is 21.5 Å². The van der Waals surface area contributed by atoms with Crippen LogP contribution in [-0.4, -0.2) is 17.7 Å². The summed E-state index contributed by atoms with van der Waals surface area (Å²) in [4.78, 5) is 16.8. The van der Waals surface area contributed by atoms with Gasteiger partial charge in [0.1, 0.15) is 5.82 Å². The largest absolute Gasteiger partial charge is 0.454 e. The zero-order chi connectivity index (χ0) is 19.5. The summed E-state index contributed by atoms with van der Waals surface area (Å²) < 4.78 is 10.7. The lowest BCUT2D eigenvalue weighted by atomic mass is 10.2. The van der Waals surface area contributed by atoms with Crippen LogP contribution in [0.5, 0.6) is 11.5 Å². The van der Waals surface area contributed by atoms with E-state index in [1.807, 2.05) is 37.3 Å². The Hall–Kier alpha value is -3.25. The van der Waals surface area contributed by atoms with E-state index in [2.05, 4.69) is 15.6 Å². The molecule has 1 aliphatic rings. The maximum Gasteiger partial charge on any atom is 0.255 e. The van der Waals surface area contributed by atoms with Crippen molar-refractivity contribution in [3.8, 4) is 11.5 Å². The van der Waals surface area contributed by atoms with Crippen LogP contribution < -0.4 is 20.1 Å². The molecule has 0 saturated carbocycles. The highest BCUT2D eigenvalue weighted by Gasteiger charge is 2.13. The smallest absolute Gasteiger partial charge is 0.255 e. The summed E-state index contributed by atoms with van der Waals surface area (Å²) in [7, 11) is 0. The third-order valence-corrected chi connectivity index (χ3v) is 4.77. The van der Waals surface area contributed by atoms with Crippen LogP contribution in [-0.2, 0) is 6.54 Å². The maximum absolute atomic E-state index is 12.5. The number of amides is 1. The molecule has 0 fully saturated rings. The van der Waals surface area contributed by atoms with Gasteiger partial charge in [-0.05, 0) is 54.4 Å². The molecule has 0 atom stereocenters. The Balaban J connectivity index is 1.42. The van der Waals surface area contributed by atoms with Gasteiger partial charge in [-0.25, -0.2) is 4.98 Å². The summed E-state index contributed by atoms with van der Waals surface area (Å²) in [6, 6.07) is 14.5. The number of nitrogens with one attached hydrogen (secondary N) is 2. The normalized spacial score (nSPS) is 11.9. The number of aromatic nitrogens is 1. The lowest BCUT2D eigenvalue weighted by Crippen LogP contribution is -2.13. The Bertz CT molecular complexity index is 1040. The van der Waals surface area contributed by atoms with Crippen molar-refractivity contribution in [1.82, 2.24) is 4.98 Å². The molecule has 0 unspecified atom stereocenters. The molecule has 28 heavy (non-hydrogen) atoms. The summed E-state index contributed by atoms with van der Waals surface area (Å²) in [5.74, 6) is 1.86. The molecule has 1 aromatic heterocycles. The van der Waals surface area contributed by atoms with Crippen molar-refractivity contribution in [1.29, 1.82) is 0 Å². The molecule has 1 amide bonds. The van der Waals surface area contributed by atoms with E-state index in [-0.39, 0.29) is 12.7 Å². The summed E-state index contributed by atoms with van der Waals surface area (Å²) in [5, 5.41) is 6.68. The quantitative estimate of drug-likeness (QED) is 0.658. The van der Waals surface area contributed by atoms with Gasteiger partial charge in [0, 0.05) is 29.0 Å². The molecule has 1 aliphatic heterocycles. The summed E-state index contributed by atoms with van der Waals surface area (Å²) in [6.45, 7) is 2.70. The van der Waals surface area contributed by atoms with Crippen LogP contribution in [0.2, 0.25) is 5.02 Å². The van der Waals surface area contributed by atoms with Crippen LogP contribution >= 0.6 is 11.6 Å². The molecule has 6 nitrogen and oxygen atoms in total. The monoisotopic (exact) mass is 395 g/mol. The minimum Gasteiger partial charge on any atom is -0.454 e. The molecule has 142 valence electrons. The molecule has 2 N–H and O–H groups in total. The van der Waals surface area contributed by atoms with Gasteiger partial charge in [-0.15, -0.1) is 0 Å². The molecule has 2 aromatic carbocycles. The second-order valence-electron chi connectivity index (χ2n) is 6.39. The third-order valence-electron chi connectivity index (χ3n) is 4.36. The maximum atomic E-state index is 12.5. The zero-order valence-corrected chi connectivity index (χ0v) is 15.9. The highest BCUT2D eigenvalue weighted by Crippen LogP contribution is 2.32. The van der Waals surface area contributed by atoms with E-state index in [0.29, 0.717) is 28.6 Å². The number of carbonyl (C=O) groups is 1. The molecular formula is C21H18ClN3O3. The van der Waals surface area contributed by atoms with Crippen LogP contribution in [0.15, 0.2) is 54.7 Å². The number of benzene rings is 2. The lowest BCUT2D eigenvalue weighted by Gasteiger charge is -2.09. The minimum atomic E-state index is -0.228. The second kappa shape index (κ2) is 7.78. The van der Waals surface area contributed by atoms with Gasteiger partial charge in [0.25, 0.3) is 5.91 Å². The van der Waals surface area contributed by atoms with Crippen LogP contribution in [0.3, 0.4) is 0 Å². The first-order valence-electron chi connectivity index (χ1n) is 8.74. The Kier molecular flexibility index (Phi) is 5.04. The number of ether oxygens (including phenoxy) is 2. The molecule has 7 heteroatoms. The molecule has 4 rings (SSSR count). The van der Waals surface area contributed by atoms with E-state index in [1.54, 1.807) is 24.4 Å². The number of aryl methyl sites for hydroxylation is 1. The average molecular weight is 396 g/mol. The van der Waals surface area contributed by atoms with Crippen molar-refractivity contribution >= 4 is 29.0 Å². The van der Waals surface area contributed by atoms with Crippen molar-refractivity contribution < 1.29 is 14.3 Å². The average Bonchev–Trinajstić information content (AvgIpc) is 3.17. The van der Waals surface area contributed by atoms with Gasteiger partial charge < -0.3 is 20.1 Å². The predicted molar refractivity (Wildman–Crippen MR) is 108 cm³/mol. The number of rotatable bonds is 5. The third kappa shape index (κ3) is 4.02. The van der Waals surface area contributed by atoms with E-state index >= 15 is 0 Å².